The minimum Gasteiger partial charge on any atom is -0.497 e. The van der Waals surface area contributed by atoms with E-state index in [1.165, 1.54) is 0 Å². The molecule has 148 valence electrons. The summed E-state index contributed by atoms with van der Waals surface area (Å²) in [4.78, 5) is 11.5. The zero-order valence-electron chi connectivity index (χ0n) is 15.7. The van der Waals surface area contributed by atoms with Gasteiger partial charge in [0.2, 0.25) is 5.95 Å². The lowest BCUT2D eigenvalue weighted by molar-refractivity contribution is 0.121. The zero-order chi connectivity index (χ0) is 19.8. The summed E-state index contributed by atoms with van der Waals surface area (Å²) in [5.74, 6) is 1.99. The highest BCUT2D eigenvalue weighted by Gasteiger charge is 2.20. The van der Waals surface area contributed by atoms with E-state index in [9.17, 15) is 0 Å². The molecule has 0 amide bonds. The first-order valence-corrected chi connectivity index (χ1v) is 9.97. The molecule has 1 aromatic carbocycles. The summed E-state index contributed by atoms with van der Waals surface area (Å²) in [6.45, 7) is 2.81. The summed E-state index contributed by atoms with van der Waals surface area (Å²) < 4.78 is 14.9. The van der Waals surface area contributed by atoms with Crippen LogP contribution in [0.2, 0.25) is 0 Å². The topological polar surface area (TPSA) is 82.6 Å². The van der Waals surface area contributed by atoms with Gasteiger partial charge >= 0.3 is 0 Å². The Kier molecular flexibility index (Phi) is 4.64. The van der Waals surface area contributed by atoms with Gasteiger partial charge in [-0.1, -0.05) is 12.1 Å². The Morgan fingerprint density at radius 1 is 1.07 bits per heavy atom. The van der Waals surface area contributed by atoms with Gasteiger partial charge in [-0.2, -0.15) is 24.7 Å². The van der Waals surface area contributed by atoms with E-state index in [1.54, 1.807) is 16.3 Å². The van der Waals surface area contributed by atoms with Crippen LogP contribution in [0.1, 0.15) is 0 Å². The van der Waals surface area contributed by atoms with E-state index >= 15 is 0 Å². The fraction of sp³-hybridized carbons (Fsp3) is 0.263. The second kappa shape index (κ2) is 7.45. The normalized spacial score (nSPS) is 14.5. The molecule has 0 radical (unpaired) electrons. The number of ether oxygens (including phenoxy) is 2. The van der Waals surface area contributed by atoms with Gasteiger partial charge in [-0.15, -0.1) is 0 Å². The van der Waals surface area contributed by atoms with Gasteiger partial charge in [-0.25, -0.2) is 4.68 Å². The van der Waals surface area contributed by atoms with Gasteiger partial charge in [-0.05, 0) is 34.1 Å². The van der Waals surface area contributed by atoms with Crippen LogP contribution in [0.15, 0.2) is 47.2 Å². The van der Waals surface area contributed by atoms with Crippen molar-refractivity contribution in [3.05, 3.63) is 47.2 Å². The minimum atomic E-state index is 0.487. The number of anilines is 1. The van der Waals surface area contributed by atoms with Crippen molar-refractivity contribution in [3.8, 4) is 23.0 Å². The second-order valence-electron chi connectivity index (χ2n) is 6.54. The van der Waals surface area contributed by atoms with Crippen LogP contribution in [0, 0.1) is 0 Å². The molecule has 1 aliphatic rings. The van der Waals surface area contributed by atoms with Gasteiger partial charge in [0.15, 0.2) is 5.65 Å². The number of methoxy groups -OCH3 is 1. The molecule has 1 saturated heterocycles. The predicted molar refractivity (Wildman–Crippen MR) is 111 cm³/mol. The first-order chi connectivity index (χ1) is 14.2. The number of aromatic nitrogens is 6. The van der Waals surface area contributed by atoms with E-state index in [4.69, 9.17) is 14.5 Å². The molecule has 1 fully saturated rings. The Morgan fingerprint density at radius 2 is 1.93 bits per heavy atom. The maximum Gasteiger partial charge on any atom is 0.255 e. The maximum atomic E-state index is 5.47. The highest BCUT2D eigenvalue weighted by atomic mass is 79.9. The molecule has 0 saturated carbocycles. The van der Waals surface area contributed by atoms with Crippen molar-refractivity contribution in [2.75, 3.05) is 38.3 Å². The molecular weight excluding hydrogens is 438 g/mol. The summed E-state index contributed by atoms with van der Waals surface area (Å²) in [6, 6.07) is 11.6. The minimum absolute atomic E-state index is 0.487. The van der Waals surface area contributed by atoms with E-state index in [0.717, 1.165) is 36.0 Å². The number of fused-ring (bicyclic) bond motifs is 1. The lowest BCUT2D eigenvalue weighted by atomic mass is 10.1. The van der Waals surface area contributed by atoms with Crippen molar-refractivity contribution in [1.82, 2.24) is 29.4 Å². The van der Waals surface area contributed by atoms with Crippen LogP contribution in [-0.4, -0.2) is 62.8 Å². The van der Waals surface area contributed by atoms with E-state index in [0.29, 0.717) is 29.4 Å². The van der Waals surface area contributed by atoms with E-state index in [2.05, 4.69) is 36.0 Å². The molecule has 5 rings (SSSR count). The van der Waals surface area contributed by atoms with Crippen LogP contribution in [0.3, 0.4) is 0 Å². The van der Waals surface area contributed by atoms with Crippen LogP contribution in [-0.2, 0) is 4.74 Å². The largest absolute Gasteiger partial charge is 0.497 e. The summed E-state index contributed by atoms with van der Waals surface area (Å²) in [6.07, 6.45) is 1.86. The summed E-state index contributed by atoms with van der Waals surface area (Å²) >= 11 is 3.43. The van der Waals surface area contributed by atoms with E-state index in [-0.39, 0.29) is 0 Å². The number of halogens is 1. The molecule has 0 unspecified atom stereocenters. The molecule has 1 aliphatic heterocycles. The lowest BCUT2D eigenvalue weighted by Crippen LogP contribution is -2.38. The van der Waals surface area contributed by atoms with Gasteiger partial charge < -0.3 is 14.4 Å². The van der Waals surface area contributed by atoms with Gasteiger partial charge in [0.05, 0.1) is 26.0 Å². The van der Waals surface area contributed by atoms with Crippen molar-refractivity contribution >= 4 is 27.5 Å². The molecule has 29 heavy (non-hydrogen) atoms. The average molecular weight is 456 g/mol. The van der Waals surface area contributed by atoms with Crippen molar-refractivity contribution in [1.29, 1.82) is 0 Å². The third-order valence-corrected chi connectivity index (χ3v) is 5.11. The summed E-state index contributed by atoms with van der Waals surface area (Å²) in [5, 5.41) is 9.15. The number of nitrogens with zero attached hydrogens (tertiary/aromatic N) is 7. The van der Waals surface area contributed by atoms with Crippen LogP contribution < -0.4 is 9.64 Å². The molecular formula is C19H18BrN7O2. The number of morpholine rings is 1. The summed E-state index contributed by atoms with van der Waals surface area (Å²) in [5.41, 5.74) is 2.47. The molecule has 4 aromatic rings. The lowest BCUT2D eigenvalue weighted by Gasteiger charge is -2.27. The summed E-state index contributed by atoms with van der Waals surface area (Å²) in [7, 11) is 1.65. The van der Waals surface area contributed by atoms with Gasteiger partial charge in [0, 0.05) is 30.9 Å². The quantitative estimate of drug-likeness (QED) is 0.467. The Bertz CT molecular complexity index is 1170. The van der Waals surface area contributed by atoms with Gasteiger partial charge in [-0.3, -0.25) is 0 Å². The third-order valence-electron chi connectivity index (χ3n) is 4.72. The maximum absolute atomic E-state index is 5.47. The van der Waals surface area contributed by atoms with Crippen molar-refractivity contribution in [2.45, 2.75) is 0 Å². The van der Waals surface area contributed by atoms with Gasteiger partial charge in [0.25, 0.3) is 5.95 Å². The van der Waals surface area contributed by atoms with Crippen molar-refractivity contribution < 1.29 is 9.47 Å². The third kappa shape index (κ3) is 3.45. The first kappa shape index (κ1) is 18.1. The van der Waals surface area contributed by atoms with Crippen molar-refractivity contribution in [3.63, 3.8) is 0 Å². The molecule has 0 atom stereocenters. The smallest absolute Gasteiger partial charge is 0.255 e. The number of benzene rings is 1. The second-order valence-corrected chi connectivity index (χ2v) is 7.35. The zero-order valence-corrected chi connectivity index (χ0v) is 17.3. The van der Waals surface area contributed by atoms with E-state index in [1.807, 2.05) is 42.6 Å². The van der Waals surface area contributed by atoms with Gasteiger partial charge in [0.1, 0.15) is 10.4 Å². The number of hydrogen-bond donors (Lipinski definition) is 0. The molecule has 0 bridgehead atoms. The van der Waals surface area contributed by atoms with Crippen LogP contribution >= 0.6 is 15.9 Å². The Morgan fingerprint density at radius 3 is 2.76 bits per heavy atom. The first-order valence-electron chi connectivity index (χ1n) is 9.18. The monoisotopic (exact) mass is 455 g/mol. The highest BCUT2D eigenvalue weighted by molar-refractivity contribution is 9.10. The van der Waals surface area contributed by atoms with Crippen LogP contribution in [0.25, 0.3) is 22.9 Å². The van der Waals surface area contributed by atoms with Crippen LogP contribution in [0.5, 0.6) is 5.75 Å². The molecule has 0 spiro atoms. The SMILES string of the molecule is COc1cccc(-c2ccn(-c3nc(N4CCOCC4)n4nc(Br)cc4n3)n2)c1. The molecule has 0 aliphatic carbocycles. The molecule has 0 N–H and O–H groups in total. The number of hydrogen-bond acceptors (Lipinski definition) is 7. The van der Waals surface area contributed by atoms with Crippen molar-refractivity contribution in [2.24, 2.45) is 0 Å². The molecule has 9 nitrogen and oxygen atoms in total. The number of rotatable bonds is 4. The predicted octanol–water partition coefficient (Wildman–Crippen LogP) is 2.58. The average Bonchev–Trinajstić information content (AvgIpc) is 3.40. The molecule has 3 aromatic heterocycles. The Labute approximate surface area is 175 Å². The fourth-order valence-corrected chi connectivity index (χ4v) is 3.64. The molecule has 10 heteroatoms. The highest BCUT2D eigenvalue weighted by Crippen LogP contribution is 2.24. The fourth-order valence-electron chi connectivity index (χ4n) is 3.28. The Hall–Kier alpha value is -2.98. The van der Waals surface area contributed by atoms with Crippen LogP contribution in [0.4, 0.5) is 5.95 Å². The van der Waals surface area contributed by atoms with E-state index < -0.39 is 0 Å². The molecule has 4 heterocycles. The Balaban J connectivity index is 1.57. The standard InChI is InChI=1S/C19H18BrN7O2/c1-28-14-4-2-3-13(11-14)15-5-6-26(23-15)18-21-17-12-16(20)24-27(17)19(22-18)25-7-9-29-10-8-25/h2-6,11-12H,7-10H2,1H3.